The fraction of sp³-hybridized carbons (Fsp3) is 1.00. The number of nitrogens with two attached hydrogens (primary N) is 1. The van der Waals surface area contributed by atoms with Gasteiger partial charge in [-0.1, -0.05) is 12.8 Å². The van der Waals surface area contributed by atoms with Gasteiger partial charge in [-0.2, -0.15) is 0 Å². The maximum Gasteiger partial charge on any atom is 0.147 e. The van der Waals surface area contributed by atoms with Gasteiger partial charge in [0.25, 0.3) is 0 Å². The maximum absolute atomic E-state index is 10.9. The molecule has 1 fully saturated rings. The van der Waals surface area contributed by atoms with Gasteiger partial charge >= 0.3 is 0 Å². The van der Waals surface area contributed by atoms with E-state index in [9.17, 15) is 8.42 Å². The summed E-state index contributed by atoms with van der Waals surface area (Å²) >= 11 is 0. The van der Waals surface area contributed by atoms with E-state index in [4.69, 9.17) is 10.5 Å². The minimum Gasteiger partial charge on any atom is -0.374 e. The molecule has 0 aliphatic heterocycles. The van der Waals surface area contributed by atoms with E-state index in [1.165, 1.54) is 19.1 Å². The van der Waals surface area contributed by atoms with Crippen molar-refractivity contribution in [2.45, 2.75) is 37.7 Å². The minimum absolute atomic E-state index is 0.155. The number of hydrogen-bond donors (Lipinski definition) is 1. The summed E-state index contributed by atoms with van der Waals surface area (Å²) in [4.78, 5) is 0. The van der Waals surface area contributed by atoms with E-state index in [2.05, 4.69) is 0 Å². The Morgan fingerprint density at radius 2 is 1.93 bits per heavy atom. The van der Waals surface area contributed by atoms with Crippen LogP contribution in [0.4, 0.5) is 0 Å². The molecule has 0 unspecified atom stereocenters. The van der Waals surface area contributed by atoms with Crippen molar-refractivity contribution in [2.75, 3.05) is 25.2 Å². The Balaban J connectivity index is 2.24. The molecule has 1 aliphatic rings. The zero-order valence-electron chi connectivity index (χ0n) is 9.37. The van der Waals surface area contributed by atoms with Gasteiger partial charge in [-0.3, -0.25) is 0 Å². The highest BCUT2D eigenvalue weighted by Gasteiger charge is 2.33. The van der Waals surface area contributed by atoms with E-state index in [1.54, 1.807) is 0 Å². The SMILES string of the molecule is CS(=O)(=O)CCCOC1(CN)CCCC1. The van der Waals surface area contributed by atoms with E-state index < -0.39 is 9.84 Å². The van der Waals surface area contributed by atoms with Crippen LogP contribution < -0.4 is 5.73 Å². The van der Waals surface area contributed by atoms with Gasteiger partial charge in [-0.15, -0.1) is 0 Å². The second-order valence-corrected chi connectivity index (χ2v) is 6.69. The van der Waals surface area contributed by atoms with Crippen LogP contribution in [-0.2, 0) is 14.6 Å². The first-order valence-corrected chi connectivity index (χ1v) is 7.55. The molecule has 0 aromatic carbocycles. The molecule has 0 amide bonds. The minimum atomic E-state index is -2.86. The second kappa shape index (κ2) is 5.27. The van der Waals surface area contributed by atoms with Gasteiger partial charge in [0.2, 0.25) is 0 Å². The monoisotopic (exact) mass is 235 g/mol. The van der Waals surface area contributed by atoms with Crippen molar-refractivity contribution >= 4 is 9.84 Å². The fourth-order valence-corrected chi connectivity index (χ4v) is 2.68. The quantitative estimate of drug-likeness (QED) is 0.688. The Bertz CT molecular complexity index is 281. The summed E-state index contributed by atoms with van der Waals surface area (Å²) in [6.07, 6.45) is 6.19. The number of rotatable bonds is 6. The molecule has 4 nitrogen and oxygen atoms in total. The first-order valence-electron chi connectivity index (χ1n) is 5.49. The molecule has 0 atom stereocenters. The molecule has 1 aliphatic carbocycles. The lowest BCUT2D eigenvalue weighted by molar-refractivity contribution is -0.0329. The average Bonchev–Trinajstić information content (AvgIpc) is 2.60. The molecule has 5 heteroatoms. The summed E-state index contributed by atoms with van der Waals surface area (Å²) in [5.74, 6) is 0.202. The Morgan fingerprint density at radius 3 is 2.40 bits per heavy atom. The molecule has 1 rings (SSSR count). The molecule has 0 aromatic heterocycles. The number of hydrogen-bond acceptors (Lipinski definition) is 4. The van der Waals surface area contributed by atoms with Crippen molar-refractivity contribution < 1.29 is 13.2 Å². The predicted molar refractivity (Wildman–Crippen MR) is 60.5 cm³/mol. The zero-order valence-corrected chi connectivity index (χ0v) is 10.2. The Hall–Kier alpha value is -0.130. The predicted octanol–water partition coefficient (Wildman–Crippen LogP) is 0.709. The first-order chi connectivity index (χ1) is 6.97. The highest BCUT2D eigenvalue weighted by atomic mass is 32.2. The molecular formula is C10H21NO3S. The van der Waals surface area contributed by atoms with Crippen molar-refractivity contribution in [2.24, 2.45) is 5.73 Å². The van der Waals surface area contributed by atoms with E-state index in [0.29, 0.717) is 19.6 Å². The molecule has 0 bridgehead atoms. The third-order valence-electron chi connectivity index (χ3n) is 2.95. The van der Waals surface area contributed by atoms with Crippen LogP contribution in [0.25, 0.3) is 0 Å². The molecule has 90 valence electrons. The van der Waals surface area contributed by atoms with Crippen molar-refractivity contribution in [3.05, 3.63) is 0 Å². The van der Waals surface area contributed by atoms with Crippen LogP contribution in [0.2, 0.25) is 0 Å². The third-order valence-corrected chi connectivity index (χ3v) is 3.98. The van der Waals surface area contributed by atoms with Crippen LogP contribution in [0, 0.1) is 0 Å². The highest BCUT2D eigenvalue weighted by Crippen LogP contribution is 2.32. The molecule has 0 saturated heterocycles. The lowest BCUT2D eigenvalue weighted by Gasteiger charge is -2.27. The van der Waals surface area contributed by atoms with E-state index in [0.717, 1.165) is 12.8 Å². The fourth-order valence-electron chi connectivity index (χ4n) is 2.04. The maximum atomic E-state index is 10.9. The molecule has 0 aromatic rings. The largest absolute Gasteiger partial charge is 0.374 e. The van der Waals surface area contributed by atoms with E-state index in [1.807, 2.05) is 0 Å². The Labute approximate surface area is 92.1 Å². The van der Waals surface area contributed by atoms with Crippen LogP contribution in [0.3, 0.4) is 0 Å². The second-order valence-electron chi connectivity index (χ2n) is 4.43. The summed E-state index contributed by atoms with van der Waals surface area (Å²) < 4.78 is 27.5. The van der Waals surface area contributed by atoms with Gasteiger partial charge in [0.1, 0.15) is 9.84 Å². The number of ether oxygens (including phenoxy) is 1. The first kappa shape index (κ1) is 12.9. The van der Waals surface area contributed by atoms with Crippen LogP contribution in [0.5, 0.6) is 0 Å². The van der Waals surface area contributed by atoms with Crippen LogP contribution in [0.1, 0.15) is 32.1 Å². The van der Waals surface area contributed by atoms with E-state index >= 15 is 0 Å². The summed E-state index contributed by atoms with van der Waals surface area (Å²) in [5.41, 5.74) is 5.54. The van der Waals surface area contributed by atoms with Gasteiger partial charge in [0.05, 0.1) is 11.4 Å². The van der Waals surface area contributed by atoms with Gasteiger partial charge in [0.15, 0.2) is 0 Å². The smallest absolute Gasteiger partial charge is 0.147 e. The van der Waals surface area contributed by atoms with Crippen LogP contribution >= 0.6 is 0 Å². The molecule has 2 N–H and O–H groups in total. The topological polar surface area (TPSA) is 69.4 Å². The summed E-state index contributed by atoms with van der Waals surface area (Å²) in [6.45, 7) is 1.05. The highest BCUT2D eigenvalue weighted by molar-refractivity contribution is 7.90. The molecule has 0 spiro atoms. The van der Waals surface area contributed by atoms with Crippen molar-refractivity contribution in [1.29, 1.82) is 0 Å². The van der Waals surface area contributed by atoms with Gasteiger partial charge in [0, 0.05) is 19.4 Å². The lowest BCUT2D eigenvalue weighted by Crippen LogP contribution is -2.38. The molecular weight excluding hydrogens is 214 g/mol. The van der Waals surface area contributed by atoms with Crippen molar-refractivity contribution in [3.63, 3.8) is 0 Å². The van der Waals surface area contributed by atoms with E-state index in [-0.39, 0.29) is 11.4 Å². The summed E-state index contributed by atoms with van der Waals surface area (Å²) in [5, 5.41) is 0. The Morgan fingerprint density at radius 1 is 1.33 bits per heavy atom. The third kappa shape index (κ3) is 4.49. The van der Waals surface area contributed by atoms with Crippen LogP contribution in [0.15, 0.2) is 0 Å². The van der Waals surface area contributed by atoms with Gasteiger partial charge in [-0.25, -0.2) is 8.42 Å². The molecule has 1 saturated carbocycles. The number of sulfone groups is 1. The van der Waals surface area contributed by atoms with Crippen LogP contribution in [-0.4, -0.2) is 39.2 Å². The zero-order chi connectivity index (χ0) is 11.4. The average molecular weight is 235 g/mol. The van der Waals surface area contributed by atoms with Gasteiger partial charge < -0.3 is 10.5 Å². The molecule has 15 heavy (non-hydrogen) atoms. The normalized spacial score (nSPS) is 20.7. The Kier molecular flexibility index (Phi) is 4.55. The van der Waals surface area contributed by atoms with Gasteiger partial charge in [-0.05, 0) is 19.3 Å². The van der Waals surface area contributed by atoms with Crippen molar-refractivity contribution in [1.82, 2.24) is 0 Å². The standard InChI is InChI=1S/C10H21NO3S/c1-15(12,13)8-4-7-14-10(9-11)5-2-3-6-10/h2-9,11H2,1H3. The molecule has 0 heterocycles. The molecule has 0 radical (unpaired) electrons. The summed E-state index contributed by atoms with van der Waals surface area (Å²) in [7, 11) is -2.86. The van der Waals surface area contributed by atoms with Crippen molar-refractivity contribution in [3.8, 4) is 0 Å². The lowest BCUT2D eigenvalue weighted by atomic mass is 10.0. The summed E-state index contributed by atoms with van der Waals surface area (Å²) in [6, 6.07) is 0.